The second-order valence-corrected chi connectivity index (χ2v) is 9.69. The van der Waals surface area contributed by atoms with Crippen LogP contribution in [-0.2, 0) is 19.6 Å². The summed E-state index contributed by atoms with van der Waals surface area (Å²) in [6, 6.07) is 6.01. The van der Waals surface area contributed by atoms with Gasteiger partial charge in [-0.3, -0.25) is 9.59 Å². The van der Waals surface area contributed by atoms with E-state index in [1.54, 1.807) is 4.90 Å². The summed E-state index contributed by atoms with van der Waals surface area (Å²) in [6.45, 7) is 1.95. The molecule has 0 radical (unpaired) electrons. The lowest BCUT2D eigenvalue weighted by atomic mass is 9.99. The number of nitrogens with zero attached hydrogens (tertiary/aromatic N) is 2. The molecule has 28 heavy (non-hydrogen) atoms. The summed E-state index contributed by atoms with van der Waals surface area (Å²) in [6.07, 6.45) is 4.34. The Morgan fingerprint density at radius 1 is 1.04 bits per heavy atom. The van der Waals surface area contributed by atoms with Gasteiger partial charge in [-0.25, -0.2) is 8.42 Å². The molecule has 0 saturated carbocycles. The number of likely N-dealkylation sites (tertiary alicyclic amines) is 1. The third kappa shape index (κ3) is 5.04. The number of carbonyl (C=O) groups excluding carboxylic acids is 2. The molecule has 0 unspecified atom stereocenters. The van der Waals surface area contributed by atoms with Crippen LogP contribution in [0.2, 0.25) is 5.02 Å². The van der Waals surface area contributed by atoms with E-state index in [-0.39, 0.29) is 29.8 Å². The molecular formula is C19H26ClN3O4S. The lowest BCUT2D eigenvalue weighted by Gasteiger charge is -2.31. The van der Waals surface area contributed by atoms with E-state index in [1.165, 1.54) is 28.6 Å². The molecule has 1 N–H and O–H groups in total. The fraction of sp³-hybridized carbons (Fsp3) is 0.579. The molecule has 3 rings (SSSR count). The summed E-state index contributed by atoms with van der Waals surface area (Å²) in [5.41, 5.74) is 0. The maximum atomic E-state index is 12.8. The van der Waals surface area contributed by atoms with Crippen molar-refractivity contribution in [3.8, 4) is 0 Å². The van der Waals surface area contributed by atoms with Crippen LogP contribution >= 0.6 is 11.6 Å². The molecule has 2 fully saturated rings. The van der Waals surface area contributed by atoms with Crippen molar-refractivity contribution in [2.75, 3.05) is 32.7 Å². The van der Waals surface area contributed by atoms with Gasteiger partial charge in [-0.1, -0.05) is 11.6 Å². The molecule has 0 bridgehead atoms. The molecule has 154 valence electrons. The minimum atomic E-state index is -3.67. The molecule has 1 aromatic carbocycles. The standard InChI is InChI=1S/C19H26ClN3O4S/c20-16-6-8-17(9-7-16)28(26,27)23-12-4-5-15(14-23)19(25)21-13-18(24)22-10-2-1-3-11-22/h6-9,15H,1-5,10-14H2,(H,21,25)/t15-/m0/s1. The largest absolute Gasteiger partial charge is 0.347 e. The molecule has 0 aromatic heterocycles. The third-order valence-corrected chi connectivity index (χ3v) is 7.46. The lowest BCUT2D eigenvalue weighted by Crippen LogP contribution is -2.48. The zero-order valence-corrected chi connectivity index (χ0v) is 17.3. The van der Waals surface area contributed by atoms with Gasteiger partial charge in [0.1, 0.15) is 0 Å². The minimum absolute atomic E-state index is 0.0285. The number of halogens is 1. The highest BCUT2D eigenvalue weighted by molar-refractivity contribution is 7.89. The van der Waals surface area contributed by atoms with E-state index in [0.717, 1.165) is 32.4 Å². The number of benzene rings is 1. The quantitative estimate of drug-likeness (QED) is 0.777. The van der Waals surface area contributed by atoms with Crippen molar-refractivity contribution in [1.29, 1.82) is 0 Å². The maximum absolute atomic E-state index is 12.8. The van der Waals surface area contributed by atoms with Crippen molar-refractivity contribution >= 4 is 33.4 Å². The van der Waals surface area contributed by atoms with Crippen LogP contribution in [0.1, 0.15) is 32.1 Å². The zero-order valence-electron chi connectivity index (χ0n) is 15.8. The summed E-state index contributed by atoms with van der Waals surface area (Å²) < 4.78 is 27.0. The number of sulfonamides is 1. The van der Waals surface area contributed by atoms with Gasteiger partial charge in [-0.2, -0.15) is 4.31 Å². The van der Waals surface area contributed by atoms with Gasteiger partial charge in [0, 0.05) is 31.2 Å². The number of amides is 2. The smallest absolute Gasteiger partial charge is 0.243 e. The van der Waals surface area contributed by atoms with E-state index >= 15 is 0 Å². The first-order valence-electron chi connectivity index (χ1n) is 9.69. The van der Waals surface area contributed by atoms with Crippen LogP contribution in [0, 0.1) is 5.92 Å². The predicted octanol–water partition coefficient (Wildman–Crippen LogP) is 1.87. The SMILES string of the molecule is O=C(NCC(=O)N1CCCCC1)[C@H]1CCCN(S(=O)(=O)c2ccc(Cl)cc2)C1. The first-order valence-corrected chi connectivity index (χ1v) is 11.5. The van der Waals surface area contributed by atoms with Crippen LogP contribution in [0.4, 0.5) is 0 Å². The molecule has 1 aromatic rings. The Balaban J connectivity index is 1.57. The Morgan fingerprint density at radius 3 is 2.39 bits per heavy atom. The summed E-state index contributed by atoms with van der Waals surface area (Å²) in [5.74, 6) is -0.791. The summed E-state index contributed by atoms with van der Waals surface area (Å²) in [5, 5.41) is 3.17. The van der Waals surface area contributed by atoms with Crippen molar-refractivity contribution in [3.05, 3.63) is 29.3 Å². The molecule has 2 aliphatic heterocycles. The highest BCUT2D eigenvalue weighted by atomic mass is 35.5. The van der Waals surface area contributed by atoms with E-state index in [4.69, 9.17) is 11.6 Å². The molecule has 0 spiro atoms. The number of rotatable bonds is 5. The molecular weight excluding hydrogens is 402 g/mol. The van der Waals surface area contributed by atoms with Gasteiger partial charge in [0.2, 0.25) is 21.8 Å². The van der Waals surface area contributed by atoms with Crippen molar-refractivity contribution in [3.63, 3.8) is 0 Å². The van der Waals surface area contributed by atoms with E-state index in [0.29, 0.717) is 24.4 Å². The van der Waals surface area contributed by atoms with Gasteiger partial charge in [0.15, 0.2) is 0 Å². The van der Waals surface area contributed by atoms with E-state index in [9.17, 15) is 18.0 Å². The average molecular weight is 428 g/mol. The number of piperidine rings is 2. The predicted molar refractivity (Wildman–Crippen MR) is 106 cm³/mol. The molecule has 2 heterocycles. The number of carbonyl (C=O) groups is 2. The van der Waals surface area contributed by atoms with Crippen LogP contribution in [0.5, 0.6) is 0 Å². The van der Waals surface area contributed by atoms with Gasteiger partial charge < -0.3 is 10.2 Å². The van der Waals surface area contributed by atoms with E-state index < -0.39 is 15.9 Å². The molecule has 2 amide bonds. The Bertz CT molecular complexity index is 807. The van der Waals surface area contributed by atoms with Crippen LogP contribution in [0.25, 0.3) is 0 Å². The van der Waals surface area contributed by atoms with Crippen LogP contribution < -0.4 is 5.32 Å². The molecule has 7 nitrogen and oxygen atoms in total. The van der Waals surface area contributed by atoms with Crippen molar-refractivity contribution < 1.29 is 18.0 Å². The first-order chi connectivity index (χ1) is 13.4. The van der Waals surface area contributed by atoms with E-state index in [1.807, 2.05) is 0 Å². The van der Waals surface area contributed by atoms with Crippen LogP contribution in [0.15, 0.2) is 29.2 Å². The van der Waals surface area contributed by atoms with E-state index in [2.05, 4.69) is 5.32 Å². The summed E-state index contributed by atoms with van der Waals surface area (Å²) >= 11 is 5.84. The maximum Gasteiger partial charge on any atom is 0.243 e. The van der Waals surface area contributed by atoms with Crippen molar-refractivity contribution in [1.82, 2.24) is 14.5 Å². The average Bonchev–Trinajstić information content (AvgIpc) is 2.72. The topological polar surface area (TPSA) is 86.8 Å². The highest BCUT2D eigenvalue weighted by Gasteiger charge is 2.33. The first kappa shape index (κ1) is 21.1. The Hall–Kier alpha value is -1.64. The van der Waals surface area contributed by atoms with Gasteiger partial charge in [0.25, 0.3) is 0 Å². The lowest BCUT2D eigenvalue weighted by molar-refractivity contribution is -0.134. The fourth-order valence-corrected chi connectivity index (χ4v) is 5.34. The third-order valence-electron chi connectivity index (χ3n) is 5.33. The number of hydrogen-bond acceptors (Lipinski definition) is 4. The van der Waals surface area contributed by atoms with Gasteiger partial charge in [-0.05, 0) is 56.4 Å². The summed E-state index contributed by atoms with van der Waals surface area (Å²) in [4.78, 5) is 26.7. The molecule has 2 aliphatic rings. The van der Waals surface area contributed by atoms with Gasteiger partial charge >= 0.3 is 0 Å². The normalized spacial score (nSPS) is 21.3. The summed E-state index contributed by atoms with van der Waals surface area (Å²) in [7, 11) is -3.67. The van der Waals surface area contributed by atoms with Gasteiger partial charge in [-0.15, -0.1) is 0 Å². The highest BCUT2D eigenvalue weighted by Crippen LogP contribution is 2.24. The Kier molecular flexibility index (Phi) is 6.95. The van der Waals surface area contributed by atoms with Gasteiger partial charge in [0.05, 0.1) is 17.4 Å². The van der Waals surface area contributed by atoms with Crippen LogP contribution in [-0.4, -0.2) is 62.2 Å². The second-order valence-electron chi connectivity index (χ2n) is 7.32. The number of hydrogen-bond donors (Lipinski definition) is 1. The zero-order chi connectivity index (χ0) is 20.1. The fourth-order valence-electron chi connectivity index (χ4n) is 3.69. The molecule has 2 saturated heterocycles. The molecule has 0 aliphatic carbocycles. The van der Waals surface area contributed by atoms with Crippen molar-refractivity contribution in [2.24, 2.45) is 5.92 Å². The molecule has 9 heteroatoms. The number of nitrogens with one attached hydrogen (secondary N) is 1. The minimum Gasteiger partial charge on any atom is -0.347 e. The van der Waals surface area contributed by atoms with Crippen LogP contribution in [0.3, 0.4) is 0 Å². The second kappa shape index (κ2) is 9.24. The monoisotopic (exact) mass is 427 g/mol. The van der Waals surface area contributed by atoms with Crippen molar-refractivity contribution in [2.45, 2.75) is 37.0 Å². The Labute approximate surface area is 171 Å². The Morgan fingerprint density at radius 2 is 1.71 bits per heavy atom. The molecule has 1 atom stereocenters.